The Morgan fingerprint density at radius 2 is 1.48 bits per heavy atom. The lowest BCUT2D eigenvalue weighted by Gasteiger charge is -2.24. The van der Waals surface area contributed by atoms with Gasteiger partial charge in [0.1, 0.15) is 18.5 Å². The highest BCUT2D eigenvalue weighted by Gasteiger charge is 2.24. The third-order valence-electron chi connectivity index (χ3n) is 6.19. The number of ether oxygens (including phenoxy) is 2. The molecule has 0 aromatic heterocycles. The summed E-state index contributed by atoms with van der Waals surface area (Å²) in [5.41, 5.74) is 9.68. The molecule has 4 aromatic rings. The fourth-order valence-electron chi connectivity index (χ4n) is 4.05. The first kappa shape index (κ1) is 31.2. The number of carboxylic acid groups (broad SMARTS) is 1. The molecule has 0 aliphatic carbocycles. The number of nitrogens with one attached hydrogen (secondary N) is 3. The number of anilines is 1. The van der Waals surface area contributed by atoms with Crippen LogP contribution >= 0.6 is 0 Å². The average Bonchev–Trinajstić information content (AvgIpc) is 2.99. The lowest BCUT2D eigenvalue weighted by Crippen LogP contribution is -2.35. The van der Waals surface area contributed by atoms with E-state index in [0.717, 1.165) is 18.1 Å². The quantitative estimate of drug-likeness (QED) is 0.116. The van der Waals surface area contributed by atoms with E-state index in [2.05, 4.69) is 10.6 Å². The van der Waals surface area contributed by atoms with E-state index in [1.165, 1.54) is 0 Å². The highest BCUT2D eigenvalue weighted by molar-refractivity contribution is 5.95. The Morgan fingerprint density at radius 3 is 2.05 bits per heavy atom. The molecule has 9 nitrogen and oxygen atoms in total. The van der Waals surface area contributed by atoms with Crippen LogP contribution in [0.1, 0.15) is 48.2 Å². The number of rotatable bonds is 11. The van der Waals surface area contributed by atoms with E-state index in [4.69, 9.17) is 30.5 Å². The van der Waals surface area contributed by atoms with Crippen LogP contribution in [0.4, 0.5) is 5.69 Å². The van der Waals surface area contributed by atoms with Gasteiger partial charge in [-0.3, -0.25) is 15.0 Å². The molecule has 42 heavy (non-hydrogen) atoms. The summed E-state index contributed by atoms with van der Waals surface area (Å²) in [6.45, 7) is 3.43. The minimum atomic E-state index is -0.833. The number of nitrogen functional groups attached to an aromatic ring is 1. The normalized spacial score (nSPS) is 11.6. The molecule has 0 heterocycles. The molecular weight excluding hydrogens is 532 g/mol. The smallest absolute Gasteiger partial charge is 0.300 e. The van der Waals surface area contributed by atoms with Crippen LogP contribution in [0.3, 0.4) is 0 Å². The zero-order valence-electron chi connectivity index (χ0n) is 23.8. The maximum absolute atomic E-state index is 13.6. The van der Waals surface area contributed by atoms with Crippen LogP contribution < -0.4 is 25.8 Å². The van der Waals surface area contributed by atoms with E-state index in [1.54, 1.807) is 31.4 Å². The van der Waals surface area contributed by atoms with Gasteiger partial charge in [-0.1, -0.05) is 66.7 Å². The van der Waals surface area contributed by atoms with E-state index in [1.807, 2.05) is 85.8 Å². The number of nitrogens with two attached hydrogens (primary N) is 1. The minimum Gasteiger partial charge on any atom is -0.493 e. The number of hydrogen-bond donors (Lipinski definition) is 5. The molecule has 0 spiro atoms. The first-order chi connectivity index (χ1) is 20.2. The number of carbonyl (C=O) groups excluding carboxylic acids is 1. The van der Waals surface area contributed by atoms with Crippen molar-refractivity contribution in [2.45, 2.75) is 32.5 Å². The fraction of sp³-hybridized carbons (Fsp3) is 0.182. The first-order valence-electron chi connectivity index (χ1n) is 13.3. The van der Waals surface area contributed by atoms with Crippen LogP contribution in [0.5, 0.6) is 11.5 Å². The molecule has 0 unspecified atom stereocenters. The molecule has 9 heteroatoms. The number of hydrogen-bond acceptors (Lipinski definition) is 6. The molecule has 0 saturated carbocycles. The van der Waals surface area contributed by atoms with Crippen molar-refractivity contribution in [1.82, 2.24) is 5.32 Å². The molecule has 2 atom stereocenters. The van der Waals surface area contributed by atoms with Crippen molar-refractivity contribution in [3.8, 4) is 11.5 Å². The zero-order valence-corrected chi connectivity index (χ0v) is 23.8. The predicted octanol–water partition coefficient (Wildman–Crippen LogP) is 5.68. The SMILES string of the molecule is CC(=O)O.COc1cc([C@@H](Nc2ccc(C(=N)N)cc2)C(=O)N[C@H](C)c2ccccc2)ccc1OCc1ccccc1. The number of amidine groups is 1. The molecule has 6 N–H and O–H groups in total. The molecule has 0 aliphatic heterocycles. The van der Waals surface area contributed by atoms with Crippen molar-refractivity contribution in [2.75, 3.05) is 12.4 Å². The van der Waals surface area contributed by atoms with Gasteiger partial charge in [0.15, 0.2) is 11.5 Å². The minimum absolute atomic E-state index is 0.0154. The topological polar surface area (TPSA) is 147 Å². The maximum Gasteiger partial charge on any atom is 0.300 e. The Hall–Kier alpha value is -5.31. The van der Waals surface area contributed by atoms with Crippen LogP contribution in [-0.2, 0) is 16.2 Å². The summed E-state index contributed by atoms with van der Waals surface area (Å²) in [5, 5.41) is 21.5. The van der Waals surface area contributed by atoms with Gasteiger partial charge >= 0.3 is 0 Å². The molecule has 0 fully saturated rings. The lowest BCUT2D eigenvalue weighted by atomic mass is 10.0. The van der Waals surface area contributed by atoms with Crippen molar-refractivity contribution in [1.29, 1.82) is 5.41 Å². The Balaban J connectivity index is 0.00000114. The van der Waals surface area contributed by atoms with Crippen molar-refractivity contribution < 1.29 is 24.2 Å². The van der Waals surface area contributed by atoms with E-state index in [-0.39, 0.29) is 17.8 Å². The standard InChI is InChI=1S/C31H32N4O3.C2H4O2/c1-21(23-11-7-4-8-12-23)34-31(36)29(35-26-16-13-24(14-17-26)30(32)33)25-15-18-27(28(19-25)37-2)38-20-22-9-5-3-6-10-22;1-2(3)4/h3-19,21,29,35H,20H2,1-2H3,(H3,32,33)(H,34,36);1H3,(H,3,4)/t21-,29-;/m1./s1. The van der Waals surface area contributed by atoms with Gasteiger partial charge in [0.05, 0.1) is 13.2 Å². The summed E-state index contributed by atoms with van der Waals surface area (Å²) in [6, 6.07) is 31.4. The number of carboxylic acids is 1. The third kappa shape index (κ3) is 9.41. The van der Waals surface area contributed by atoms with Gasteiger partial charge in [-0.2, -0.15) is 0 Å². The number of aliphatic carboxylic acids is 1. The van der Waals surface area contributed by atoms with Crippen LogP contribution in [0.2, 0.25) is 0 Å². The molecule has 1 amide bonds. The Morgan fingerprint density at radius 1 is 0.881 bits per heavy atom. The number of methoxy groups -OCH3 is 1. The van der Waals surface area contributed by atoms with Gasteiger partial charge in [-0.05, 0) is 60.0 Å². The second-order valence-corrected chi connectivity index (χ2v) is 9.41. The summed E-state index contributed by atoms with van der Waals surface area (Å²) in [6.07, 6.45) is 0. The molecule has 0 radical (unpaired) electrons. The average molecular weight is 569 g/mol. The molecular formula is C33H36N4O5. The predicted molar refractivity (Wildman–Crippen MR) is 164 cm³/mol. The third-order valence-corrected chi connectivity index (χ3v) is 6.19. The van der Waals surface area contributed by atoms with Crippen molar-refractivity contribution in [3.05, 3.63) is 125 Å². The summed E-state index contributed by atoms with van der Waals surface area (Å²) in [4.78, 5) is 22.6. The van der Waals surface area contributed by atoms with Crippen LogP contribution in [-0.4, -0.2) is 29.9 Å². The maximum atomic E-state index is 13.6. The Bertz CT molecular complexity index is 1460. The van der Waals surface area contributed by atoms with Gasteiger partial charge < -0.3 is 30.9 Å². The van der Waals surface area contributed by atoms with Crippen molar-refractivity contribution in [2.24, 2.45) is 5.73 Å². The number of benzene rings is 4. The van der Waals surface area contributed by atoms with E-state index in [0.29, 0.717) is 34.9 Å². The summed E-state index contributed by atoms with van der Waals surface area (Å²) in [7, 11) is 1.58. The molecule has 218 valence electrons. The van der Waals surface area contributed by atoms with Crippen LogP contribution in [0.15, 0.2) is 103 Å². The zero-order chi connectivity index (χ0) is 30.5. The van der Waals surface area contributed by atoms with Crippen molar-refractivity contribution >= 4 is 23.4 Å². The van der Waals surface area contributed by atoms with Crippen LogP contribution in [0.25, 0.3) is 0 Å². The fourth-order valence-corrected chi connectivity index (χ4v) is 4.05. The van der Waals surface area contributed by atoms with Crippen molar-refractivity contribution in [3.63, 3.8) is 0 Å². The van der Waals surface area contributed by atoms with Gasteiger partial charge in [0.2, 0.25) is 5.91 Å². The number of carbonyl (C=O) groups is 2. The molecule has 0 aliphatic rings. The molecule has 4 rings (SSSR count). The summed E-state index contributed by atoms with van der Waals surface area (Å²) in [5.74, 6) is 0.0687. The first-order valence-corrected chi connectivity index (χ1v) is 13.3. The second-order valence-electron chi connectivity index (χ2n) is 9.41. The lowest BCUT2D eigenvalue weighted by molar-refractivity contribution is -0.134. The largest absolute Gasteiger partial charge is 0.493 e. The molecule has 0 saturated heterocycles. The summed E-state index contributed by atoms with van der Waals surface area (Å²) < 4.78 is 11.6. The summed E-state index contributed by atoms with van der Waals surface area (Å²) >= 11 is 0. The van der Waals surface area contributed by atoms with E-state index < -0.39 is 12.0 Å². The highest BCUT2D eigenvalue weighted by Crippen LogP contribution is 2.33. The van der Waals surface area contributed by atoms with Gasteiger partial charge in [-0.25, -0.2) is 0 Å². The molecule has 4 aromatic carbocycles. The van der Waals surface area contributed by atoms with Crippen LogP contribution in [0, 0.1) is 5.41 Å². The highest BCUT2D eigenvalue weighted by atomic mass is 16.5. The van der Waals surface area contributed by atoms with Gasteiger partial charge in [-0.15, -0.1) is 0 Å². The molecule has 0 bridgehead atoms. The monoisotopic (exact) mass is 568 g/mol. The second kappa shape index (κ2) is 15.5. The number of amides is 1. The van der Waals surface area contributed by atoms with E-state index >= 15 is 0 Å². The Labute approximate surface area is 245 Å². The van der Waals surface area contributed by atoms with Gasteiger partial charge in [0.25, 0.3) is 5.97 Å². The van der Waals surface area contributed by atoms with E-state index in [9.17, 15) is 4.79 Å². The van der Waals surface area contributed by atoms with Gasteiger partial charge in [0, 0.05) is 18.2 Å². The Kier molecular flexibility index (Phi) is 11.5.